The van der Waals surface area contributed by atoms with Crippen molar-refractivity contribution in [2.45, 2.75) is 33.1 Å². The second kappa shape index (κ2) is 6.75. The molecule has 0 aromatic heterocycles. The van der Waals surface area contributed by atoms with Crippen molar-refractivity contribution < 1.29 is 9.13 Å². The number of nitriles is 2. The monoisotopic (exact) mass is 260 g/mol. The molecule has 0 aliphatic carbocycles. The first-order valence-corrected chi connectivity index (χ1v) is 6.22. The molecule has 0 radical (unpaired) electrons. The van der Waals surface area contributed by atoms with Gasteiger partial charge >= 0.3 is 0 Å². The molecule has 100 valence electrons. The van der Waals surface area contributed by atoms with Gasteiger partial charge in [0.05, 0.1) is 29.7 Å². The zero-order valence-electron chi connectivity index (χ0n) is 11.2. The zero-order chi connectivity index (χ0) is 14.3. The Balaban J connectivity index is 2.35. The second-order valence-corrected chi connectivity index (χ2v) is 5.06. The predicted molar refractivity (Wildman–Crippen MR) is 69.9 cm³/mol. The van der Waals surface area contributed by atoms with E-state index in [4.69, 9.17) is 15.3 Å². The van der Waals surface area contributed by atoms with Crippen molar-refractivity contribution in [1.29, 1.82) is 10.5 Å². The molecule has 0 aliphatic heterocycles. The summed E-state index contributed by atoms with van der Waals surface area (Å²) in [6, 6.07) is 8.26. The number of benzene rings is 1. The van der Waals surface area contributed by atoms with Crippen LogP contribution in [0.1, 0.15) is 38.7 Å². The lowest BCUT2D eigenvalue weighted by molar-refractivity contribution is 0.282. The molecular weight excluding hydrogens is 243 g/mol. The molecule has 0 unspecified atom stereocenters. The summed E-state index contributed by atoms with van der Waals surface area (Å²) in [5.41, 5.74) is -0.0414. The Morgan fingerprint density at radius 2 is 2.00 bits per heavy atom. The third-order valence-corrected chi connectivity index (χ3v) is 2.82. The molecule has 0 heterocycles. The van der Waals surface area contributed by atoms with E-state index in [0.717, 1.165) is 25.3 Å². The van der Waals surface area contributed by atoms with Crippen LogP contribution in [-0.4, -0.2) is 6.61 Å². The smallest absolute Gasteiger partial charge is 0.166 e. The van der Waals surface area contributed by atoms with E-state index in [1.807, 2.05) is 19.9 Å². The van der Waals surface area contributed by atoms with Crippen LogP contribution < -0.4 is 4.74 Å². The van der Waals surface area contributed by atoms with Crippen molar-refractivity contribution in [3.63, 3.8) is 0 Å². The summed E-state index contributed by atoms with van der Waals surface area (Å²) in [6.07, 6.45) is 2.42. The third-order valence-electron chi connectivity index (χ3n) is 2.82. The minimum absolute atomic E-state index is 0.165. The molecule has 0 aliphatic rings. The van der Waals surface area contributed by atoms with Crippen molar-refractivity contribution in [3.05, 3.63) is 29.6 Å². The van der Waals surface area contributed by atoms with Crippen LogP contribution in [0.4, 0.5) is 4.39 Å². The van der Waals surface area contributed by atoms with Gasteiger partial charge in [-0.15, -0.1) is 0 Å². The Morgan fingerprint density at radius 3 is 2.58 bits per heavy atom. The number of hydrogen-bond acceptors (Lipinski definition) is 3. The molecule has 0 N–H and O–H groups in total. The van der Waals surface area contributed by atoms with Crippen LogP contribution in [0.15, 0.2) is 18.2 Å². The van der Waals surface area contributed by atoms with Gasteiger partial charge in [0.1, 0.15) is 0 Å². The van der Waals surface area contributed by atoms with Gasteiger partial charge in [0, 0.05) is 0 Å². The summed E-state index contributed by atoms with van der Waals surface area (Å²) in [4.78, 5) is 0. The summed E-state index contributed by atoms with van der Waals surface area (Å²) in [6.45, 7) is 4.20. The van der Waals surface area contributed by atoms with Crippen molar-refractivity contribution >= 4 is 0 Å². The van der Waals surface area contributed by atoms with E-state index < -0.39 is 5.82 Å². The van der Waals surface area contributed by atoms with Crippen LogP contribution >= 0.6 is 0 Å². The zero-order valence-corrected chi connectivity index (χ0v) is 11.2. The van der Waals surface area contributed by atoms with Crippen LogP contribution in [0.2, 0.25) is 0 Å². The number of rotatable bonds is 6. The quantitative estimate of drug-likeness (QED) is 0.731. The summed E-state index contributed by atoms with van der Waals surface area (Å²) >= 11 is 0. The molecule has 0 saturated carbocycles. The van der Waals surface area contributed by atoms with Crippen LogP contribution in [0.5, 0.6) is 5.75 Å². The highest BCUT2D eigenvalue weighted by molar-refractivity contribution is 5.35. The van der Waals surface area contributed by atoms with Crippen LogP contribution in [0, 0.1) is 33.9 Å². The lowest BCUT2D eigenvalue weighted by Gasteiger charge is -2.14. The van der Waals surface area contributed by atoms with Gasteiger partial charge in [-0.3, -0.25) is 0 Å². The molecule has 0 atom stereocenters. The van der Waals surface area contributed by atoms with E-state index in [-0.39, 0.29) is 16.7 Å². The fourth-order valence-corrected chi connectivity index (χ4v) is 1.59. The first kappa shape index (κ1) is 15.0. The van der Waals surface area contributed by atoms with Gasteiger partial charge in [-0.25, -0.2) is 4.39 Å². The van der Waals surface area contributed by atoms with Gasteiger partial charge < -0.3 is 4.74 Å². The van der Waals surface area contributed by atoms with E-state index in [1.54, 1.807) is 0 Å². The maximum Gasteiger partial charge on any atom is 0.166 e. The van der Waals surface area contributed by atoms with Crippen molar-refractivity contribution in [2.75, 3.05) is 6.61 Å². The highest BCUT2D eigenvalue weighted by atomic mass is 19.1. The van der Waals surface area contributed by atoms with E-state index >= 15 is 0 Å². The standard InChI is InChI=1S/C15H17FN2O/c1-15(2,11-18)7-3-4-8-19-14-6-5-12(10-17)9-13(14)16/h5-6,9H,3-4,7-8H2,1-2H3. The highest BCUT2D eigenvalue weighted by Crippen LogP contribution is 2.22. The van der Waals surface area contributed by atoms with Crippen molar-refractivity contribution in [2.24, 2.45) is 5.41 Å². The Kier molecular flexibility index (Phi) is 5.33. The van der Waals surface area contributed by atoms with E-state index in [1.165, 1.54) is 12.1 Å². The molecule has 3 nitrogen and oxygen atoms in total. The molecule has 0 spiro atoms. The van der Waals surface area contributed by atoms with Crippen molar-refractivity contribution in [3.8, 4) is 17.9 Å². The molecule has 0 saturated heterocycles. The molecule has 4 heteroatoms. The molecule has 1 aromatic rings. The number of ether oxygens (including phenoxy) is 1. The number of nitrogens with zero attached hydrogens (tertiary/aromatic N) is 2. The Morgan fingerprint density at radius 1 is 1.26 bits per heavy atom. The summed E-state index contributed by atoms with van der Waals surface area (Å²) < 4.78 is 18.8. The molecule has 1 rings (SSSR count). The third kappa shape index (κ3) is 4.97. The fraction of sp³-hybridized carbons (Fsp3) is 0.467. The predicted octanol–water partition coefficient (Wildman–Crippen LogP) is 3.80. The van der Waals surface area contributed by atoms with E-state index in [0.29, 0.717) is 6.61 Å². The highest BCUT2D eigenvalue weighted by Gasteiger charge is 2.15. The maximum absolute atomic E-state index is 13.5. The molecular formula is C15H17FN2O. The van der Waals surface area contributed by atoms with Gasteiger partial charge in [0.25, 0.3) is 0 Å². The SMILES string of the molecule is CC(C)(C#N)CCCCOc1ccc(C#N)cc1F. The van der Waals surface area contributed by atoms with Gasteiger partial charge in [-0.2, -0.15) is 10.5 Å². The number of hydrogen-bond donors (Lipinski definition) is 0. The summed E-state index contributed by atoms with van der Waals surface area (Å²) in [5.74, 6) is -0.352. The lowest BCUT2D eigenvalue weighted by atomic mass is 9.89. The van der Waals surface area contributed by atoms with Gasteiger partial charge in [-0.05, 0) is 51.3 Å². The average Bonchev–Trinajstić information content (AvgIpc) is 2.39. The van der Waals surface area contributed by atoms with E-state index in [9.17, 15) is 4.39 Å². The van der Waals surface area contributed by atoms with Crippen molar-refractivity contribution in [1.82, 2.24) is 0 Å². The fourth-order valence-electron chi connectivity index (χ4n) is 1.59. The van der Waals surface area contributed by atoms with Crippen LogP contribution in [0.3, 0.4) is 0 Å². The minimum Gasteiger partial charge on any atom is -0.491 e. The van der Waals surface area contributed by atoms with Crippen LogP contribution in [0.25, 0.3) is 0 Å². The largest absolute Gasteiger partial charge is 0.491 e. The second-order valence-electron chi connectivity index (χ2n) is 5.06. The Labute approximate surface area is 113 Å². The number of unbranched alkanes of at least 4 members (excludes halogenated alkanes) is 1. The molecule has 0 fully saturated rings. The van der Waals surface area contributed by atoms with Gasteiger partial charge in [-0.1, -0.05) is 0 Å². The normalized spacial score (nSPS) is 10.6. The Hall–Kier alpha value is -2.07. The summed E-state index contributed by atoms with van der Waals surface area (Å²) in [5, 5.41) is 17.5. The first-order valence-electron chi connectivity index (χ1n) is 6.22. The minimum atomic E-state index is -0.517. The first-order chi connectivity index (χ1) is 8.98. The molecule has 1 aromatic carbocycles. The van der Waals surface area contributed by atoms with Gasteiger partial charge in [0.15, 0.2) is 11.6 Å². The Bertz CT molecular complexity index is 512. The van der Waals surface area contributed by atoms with Gasteiger partial charge in [0.2, 0.25) is 0 Å². The molecule has 19 heavy (non-hydrogen) atoms. The molecule has 0 bridgehead atoms. The lowest BCUT2D eigenvalue weighted by Crippen LogP contribution is -2.08. The molecule has 0 amide bonds. The van der Waals surface area contributed by atoms with Crippen LogP contribution in [-0.2, 0) is 0 Å². The summed E-state index contributed by atoms with van der Waals surface area (Å²) in [7, 11) is 0. The number of halogens is 1. The van der Waals surface area contributed by atoms with E-state index in [2.05, 4.69) is 6.07 Å². The average molecular weight is 260 g/mol. The topological polar surface area (TPSA) is 56.8 Å². The maximum atomic E-state index is 13.5.